The number of nitrogens with zero attached hydrogens (tertiary/aromatic N) is 1. The predicted octanol–water partition coefficient (Wildman–Crippen LogP) is 2.48. The molecule has 0 aliphatic heterocycles. The molecule has 4 N–H and O–H groups in total. The van der Waals surface area contributed by atoms with E-state index in [0.717, 1.165) is 4.57 Å². The molecule has 0 amide bonds. The minimum atomic E-state index is -1.77. The van der Waals surface area contributed by atoms with E-state index in [1.165, 1.54) is 13.1 Å². The zero-order chi connectivity index (χ0) is 33.3. The van der Waals surface area contributed by atoms with Gasteiger partial charge in [-0.1, -0.05) is 54.6 Å². The van der Waals surface area contributed by atoms with Crippen LogP contribution in [0.15, 0.2) is 94.6 Å². The van der Waals surface area contributed by atoms with E-state index in [9.17, 15) is 29.3 Å². The molecule has 4 atom stereocenters. The molecular formula is C34H39FN2O9. The number of halogens is 1. The van der Waals surface area contributed by atoms with Gasteiger partial charge in [0.2, 0.25) is 0 Å². The lowest BCUT2D eigenvalue weighted by molar-refractivity contribution is -0.142. The number of alkyl halides is 1. The first-order valence-corrected chi connectivity index (χ1v) is 14.6. The molecule has 3 aromatic carbocycles. The van der Waals surface area contributed by atoms with Gasteiger partial charge in [-0.15, -0.1) is 0 Å². The van der Waals surface area contributed by atoms with Crippen LogP contribution in [0.3, 0.4) is 0 Å². The Morgan fingerprint density at radius 3 is 1.91 bits per heavy atom. The van der Waals surface area contributed by atoms with Gasteiger partial charge in [0.15, 0.2) is 0 Å². The van der Waals surface area contributed by atoms with Crippen molar-refractivity contribution in [1.29, 1.82) is 0 Å². The Labute approximate surface area is 265 Å². The lowest BCUT2D eigenvalue weighted by Gasteiger charge is -2.38. The molecule has 4 aromatic rings. The molecule has 0 fully saturated rings. The summed E-state index contributed by atoms with van der Waals surface area (Å²) in [5.74, 6) is 1.23. The van der Waals surface area contributed by atoms with Crippen molar-refractivity contribution >= 4 is 0 Å². The second-order valence-corrected chi connectivity index (χ2v) is 10.6. The van der Waals surface area contributed by atoms with Crippen LogP contribution < -0.4 is 20.7 Å². The molecule has 0 saturated carbocycles. The minimum Gasteiger partial charge on any atom is -0.497 e. The highest BCUT2D eigenvalue weighted by atomic mass is 19.1. The van der Waals surface area contributed by atoms with Crippen LogP contribution in [0.5, 0.6) is 11.5 Å². The van der Waals surface area contributed by atoms with Crippen molar-refractivity contribution in [1.82, 2.24) is 9.55 Å². The van der Waals surface area contributed by atoms with Crippen molar-refractivity contribution in [3.05, 3.63) is 128 Å². The molecule has 4 rings (SSSR count). The standard InChI is InChI=1S/C34H39FN2O9/c1-22-19-37(33(42)36-32(22)41)28(20-38)31(45-18-17-35)30(40)29(39)21-46-34(23-7-5-4-6-8-23,24-9-13-26(43-2)14-10-24)25-11-15-27(44-3)16-12-25/h4-16,19,28-31,38-40H,17-18,20-21H2,1-3H3,(H,36,41,42)/t28-,29-,30-,31+/m1/s1. The molecule has 0 unspecified atom stereocenters. The van der Waals surface area contributed by atoms with Crippen molar-refractivity contribution in [2.24, 2.45) is 0 Å². The third-order valence-electron chi connectivity index (χ3n) is 7.83. The Hall–Kier alpha value is -4.33. The van der Waals surface area contributed by atoms with Gasteiger partial charge in [-0.25, -0.2) is 9.18 Å². The monoisotopic (exact) mass is 638 g/mol. The number of aromatic nitrogens is 2. The van der Waals surface area contributed by atoms with Gasteiger partial charge in [-0.3, -0.25) is 14.3 Å². The van der Waals surface area contributed by atoms with E-state index in [4.69, 9.17) is 18.9 Å². The molecule has 0 aliphatic carbocycles. The van der Waals surface area contributed by atoms with Gasteiger partial charge in [0, 0.05) is 11.8 Å². The molecule has 0 saturated heterocycles. The quantitative estimate of drug-likeness (QED) is 0.136. The van der Waals surface area contributed by atoms with E-state index in [-0.39, 0.29) is 5.56 Å². The van der Waals surface area contributed by atoms with Crippen molar-refractivity contribution in [2.45, 2.75) is 36.9 Å². The fraction of sp³-hybridized carbons (Fsp3) is 0.353. The zero-order valence-electron chi connectivity index (χ0n) is 25.8. The highest BCUT2D eigenvalue weighted by molar-refractivity contribution is 5.49. The molecule has 0 bridgehead atoms. The van der Waals surface area contributed by atoms with Crippen LogP contribution in [-0.4, -0.2) is 83.9 Å². The van der Waals surface area contributed by atoms with Gasteiger partial charge in [0.25, 0.3) is 5.56 Å². The number of nitrogens with one attached hydrogen (secondary N) is 1. The Balaban J connectivity index is 1.76. The van der Waals surface area contributed by atoms with Crippen LogP contribution in [0.4, 0.5) is 4.39 Å². The molecule has 1 heterocycles. The third-order valence-corrected chi connectivity index (χ3v) is 7.83. The number of aliphatic hydroxyl groups excluding tert-OH is 3. The van der Waals surface area contributed by atoms with Crippen LogP contribution in [-0.2, 0) is 15.1 Å². The summed E-state index contributed by atoms with van der Waals surface area (Å²) in [6.45, 7) is -1.17. The summed E-state index contributed by atoms with van der Waals surface area (Å²) >= 11 is 0. The number of aliphatic hydroxyl groups is 3. The van der Waals surface area contributed by atoms with Crippen LogP contribution in [0.1, 0.15) is 28.3 Å². The number of H-pyrrole nitrogens is 1. The first-order chi connectivity index (χ1) is 22.2. The van der Waals surface area contributed by atoms with Crippen LogP contribution in [0.2, 0.25) is 0 Å². The van der Waals surface area contributed by atoms with Crippen LogP contribution in [0, 0.1) is 6.92 Å². The topological polar surface area (TPSA) is 152 Å². The first-order valence-electron chi connectivity index (χ1n) is 14.6. The molecule has 11 nitrogen and oxygen atoms in total. The summed E-state index contributed by atoms with van der Waals surface area (Å²) in [4.78, 5) is 26.8. The fourth-order valence-corrected chi connectivity index (χ4v) is 5.40. The summed E-state index contributed by atoms with van der Waals surface area (Å²) in [5.41, 5.74) is -0.585. The molecule has 0 spiro atoms. The number of benzene rings is 3. The lowest BCUT2D eigenvalue weighted by Crippen LogP contribution is -2.50. The maximum Gasteiger partial charge on any atom is 0.328 e. The number of ether oxygens (including phenoxy) is 4. The van der Waals surface area contributed by atoms with Gasteiger partial charge in [-0.05, 0) is 47.9 Å². The average Bonchev–Trinajstić information content (AvgIpc) is 3.09. The smallest absolute Gasteiger partial charge is 0.328 e. The van der Waals surface area contributed by atoms with Gasteiger partial charge in [0.05, 0.1) is 40.1 Å². The van der Waals surface area contributed by atoms with Crippen molar-refractivity contribution in [2.75, 3.05) is 40.7 Å². The number of aryl methyl sites for hydroxylation is 1. The Bertz CT molecular complexity index is 1600. The first kappa shape index (κ1) is 34.5. The second-order valence-electron chi connectivity index (χ2n) is 10.6. The van der Waals surface area contributed by atoms with E-state index >= 15 is 0 Å². The predicted molar refractivity (Wildman–Crippen MR) is 168 cm³/mol. The van der Waals surface area contributed by atoms with Crippen molar-refractivity contribution in [3.63, 3.8) is 0 Å². The van der Waals surface area contributed by atoms with Gasteiger partial charge < -0.3 is 34.3 Å². The normalized spacial score (nSPS) is 14.3. The van der Waals surface area contributed by atoms with Crippen LogP contribution in [0.25, 0.3) is 0 Å². The van der Waals surface area contributed by atoms with E-state index < -0.39 is 67.7 Å². The molecule has 0 radical (unpaired) electrons. The molecule has 12 heteroatoms. The molecule has 46 heavy (non-hydrogen) atoms. The Kier molecular flexibility index (Phi) is 11.9. The third kappa shape index (κ3) is 7.38. The summed E-state index contributed by atoms with van der Waals surface area (Å²) in [6.07, 6.45) is -3.70. The molecular weight excluding hydrogens is 599 g/mol. The van der Waals surface area contributed by atoms with E-state index in [1.807, 2.05) is 54.6 Å². The maximum absolute atomic E-state index is 13.3. The second kappa shape index (κ2) is 15.8. The van der Waals surface area contributed by atoms with Gasteiger partial charge in [-0.2, -0.15) is 0 Å². The highest BCUT2D eigenvalue weighted by Gasteiger charge is 2.41. The SMILES string of the molecule is COc1ccc(C(OC[C@@H](O)[C@@H](O)[C@@H](OCCF)[C@@H](CO)n2cc(C)c(=O)[nH]c2=O)(c2ccccc2)c2ccc(OC)cc2)cc1. The van der Waals surface area contributed by atoms with Gasteiger partial charge >= 0.3 is 5.69 Å². The Morgan fingerprint density at radius 1 is 0.870 bits per heavy atom. The highest BCUT2D eigenvalue weighted by Crippen LogP contribution is 2.42. The lowest BCUT2D eigenvalue weighted by atomic mass is 9.80. The molecule has 246 valence electrons. The summed E-state index contributed by atoms with van der Waals surface area (Å²) < 4.78 is 37.2. The largest absolute Gasteiger partial charge is 0.497 e. The average molecular weight is 639 g/mol. The fourth-order valence-electron chi connectivity index (χ4n) is 5.40. The maximum atomic E-state index is 13.3. The molecule has 1 aromatic heterocycles. The van der Waals surface area contributed by atoms with E-state index in [2.05, 4.69) is 4.98 Å². The van der Waals surface area contributed by atoms with Crippen molar-refractivity contribution in [3.8, 4) is 11.5 Å². The zero-order valence-corrected chi connectivity index (χ0v) is 25.8. The van der Waals surface area contributed by atoms with E-state index in [1.54, 1.807) is 38.5 Å². The number of aromatic amines is 1. The summed E-state index contributed by atoms with van der Waals surface area (Å²) in [5, 5.41) is 33.1. The van der Waals surface area contributed by atoms with E-state index in [0.29, 0.717) is 28.2 Å². The number of rotatable bonds is 16. The molecule has 0 aliphatic rings. The van der Waals surface area contributed by atoms with Gasteiger partial charge in [0.1, 0.15) is 42.1 Å². The number of methoxy groups -OCH3 is 2. The number of hydrogen-bond donors (Lipinski definition) is 4. The Morgan fingerprint density at radius 2 is 1.41 bits per heavy atom. The summed E-state index contributed by atoms with van der Waals surface area (Å²) in [6, 6.07) is 22.5. The van der Waals surface area contributed by atoms with Crippen molar-refractivity contribution < 1.29 is 38.7 Å². The number of hydrogen-bond acceptors (Lipinski definition) is 9. The summed E-state index contributed by atoms with van der Waals surface area (Å²) in [7, 11) is 3.11. The minimum absolute atomic E-state index is 0.160. The van der Waals surface area contributed by atoms with Crippen LogP contribution >= 0.6 is 0 Å².